The molecule has 6 nitrogen and oxygen atoms in total. The number of hydrogen-bond donors (Lipinski definition) is 3. The summed E-state index contributed by atoms with van der Waals surface area (Å²) in [4.78, 5) is 23.9. The minimum absolute atomic E-state index is 0.0932. The first-order chi connectivity index (χ1) is 9.95. The van der Waals surface area contributed by atoms with E-state index in [-0.39, 0.29) is 13.1 Å². The van der Waals surface area contributed by atoms with E-state index in [0.29, 0.717) is 17.3 Å². The lowest BCUT2D eigenvalue weighted by molar-refractivity contribution is -0.117. The zero-order valence-electron chi connectivity index (χ0n) is 12.1. The summed E-state index contributed by atoms with van der Waals surface area (Å²) in [6.07, 6.45) is 0.992. The molecule has 0 radical (unpaired) electrons. The Hall–Kier alpha value is -1.79. The van der Waals surface area contributed by atoms with Crippen molar-refractivity contribution < 1.29 is 9.59 Å². The third-order valence-electron chi connectivity index (χ3n) is 2.86. The van der Waals surface area contributed by atoms with Gasteiger partial charge in [0.1, 0.15) is 0 Å². The topological polar surface area (TPSA) is 101 Å². The lowest BCUT2D eigenvalue weighted by Gasteiger charge is -2.25. The quantitative estimate of drug-likeness (QED) is 0.582. The SMILES string of the molecule is CCCNCc1c(Cl)cccc1N(CC(N)=O)CC(N)=O. The number of anilines is 1. The van der Waals surface area contributed by atoms with Gasteiger partial charge in [0, 0.05) is 22.8 Å². The number of hydrogen-bond acceptors (Lipinski definition) is 4. The number of rotatable bonds is 9. The van der Waals surface area contributed by atoms with Gasteiger partial charge in [-0.3, -0.25) is 9.59 Å². The van der Waals surface area contributed by atoms with Crippen molar-refractivity contribution in [1.82, 2.24) is 5.32 Å². The van der Waals surface area contributed by atoms with Crippen LogP contribution in [0.25, 0.3) is 0 Å². The van der Waals surface area contributed by atoms with Crippen molar-refractivity contribution in [1.29, 1.82) is 0 Å². The highest BCUT2D eigenvalue weighted by molar-refractivity contribution is 6.31. The van der Waals surface area contributed by atoms with Gasteiger partial charge in [-0.2, -0.15) is 0 Å². The third kappa shape index (κ3) is 5.61. The van der Waals surface area contributed by atoms with Crippen LogP contribution >= 0.6 is 11.6 Å². The van der Waals surface area contributed by atoms with Crippen LogP contribution in [0.3, 0.4) is 0 Å². The number of halogens is 1. The molecule has 0 saturated heterocycles. The van der Waals surface area contributed by atoms with Crippen molar-refractivity contribution in [2.24, 2.45) is 11.5 Å². The monoisotopic (exact) mass is 312 g/mol. The van der Waals surface area contributed by atoms with Crippen molar-refractivity contribution in [3.8, 4) is 0 Å². The normalized spacial score (nSPS) is 10.4. The Balaban J connectivity index is 3.07. The molecule has 7 heteroatoms. The van der Waals surface area contributed by atoms with Gasteiger partial charge in [-0.25, -0.2) is 0 Å². The molecule has 0 atom stereocenters. The Morgan fingerprint density at radius 1 is 1.24 bits per heavy atom. The summed E-state index contributed by atoms with van der Waals surface area (Å²) >= 11 is 6.23. The predicted molar refractivity (Wildman–Crippen MR) is 84.1 cm³/mol. The first kappa shape index (κ1) is 17.3. The molecule has 0 saturated carbocycles. The standard InChI is InChI=1S/C14H21ClN4O2/c1-2-6-18-7-10-11(15)4-3-5-12(10)19(8-13(16)20)9-14(17)21/h3-5,18H,2,6-9H2,1H3,(H2,16,20)(H2,17,21). The molecule has 0 unspecified atom stereocenters. The summed E-state index contributed by atoms with van der Waals surface area (Å²) in [5, 5.41) is 3.82. The van der Waals surface area contributed by atoms with E-state index in [0.717, 1.165) is 18.5 Å². The van der Waals surface area contributed by atoms with Crippen LogP contribution in [0.15, 0.2) is 18.2 Å². The summed E-state index contributed by atoms with van der Waals surface area (Å²) in [6, 6.07) is 5.32. The molecule has 0 aliphatic rings. The molecular formula is C14H21ClN4O2. The molecule has 0 fully saturated rings. The predicted octanol–water partition coefficient (Wildman–Crippen LogP) is 0.617. The molecule has 5 N–H and O–H groups in total. The lowest BCUT2D eigenvalue weighted by atomic mass is 10.1. The Labute approximate surface area is 129 Å². The van der Waals surface area contributed by atoms with Crippen LogP contribution in [0.2, 0.25) is 5.02 Å². The molecule has 21 heavy (non-hydrogen) atoms. The fourth-order valence-electron chi connectivity index (χ4n) is 2.01. The molecule has 0 bridgehead atoms. The first-order valence-corrected chi connectivity index (χ1v) is 7.13. The second-order valence-electron chi connectivity index (χ2n) is 4.70. The van der Waals surface area contributed by atoms with Gasteiger partial charge in [0.05, 0.1) is 13.1 Å². The van der Waals surface area contributed by atoms with Crippen molar-refractivity contribution >= 4 is 29.1 Å². The maximum absolute atomic E-state index is 11.2. The number of amides is 2. The van der Waals surface area contributed by atoms with Crippen molar-refractivity contribution in [3.63, 3.8) is 0 Å². The van der Waals surface area contributed by atoms with E-state index in [1.165, 1.54) is 0 Å². The number of nitrogens with zero attached hydrogens (tertiary/aromatic N) is 1. The number of carbonyl (C=O) groups excluding carboxylic acids is 2. The van der Waals surface area contributed by atoms with Crippen LogP contribution in [-0.2, 0) is 16.1 Å². The van der Waals surface area contributed by atoms with E-state index < -0.39 is 11.8 Å². The maximum atomic E-state index is 11.2. The highest BCUT2D eigenvalue weighted by Crippen LogP contribution is 2.27. The summed E-state index contributed by atoms with van der Waals surface area (Å²) < 4.78 is 0. The average molecular weight is 313 g/mol. The van der Waals surface area contributed by atoms with Gasteiger partial charge in [0.2, 0.25) is 11.8 Å². The van der Waals surface area contributed by atoms with Gasteiger partial charge in [0.15, 0.2) is 0 Å². The highest BCUT2D eigenvalue weighted by Gasteiger charge is 2.17. The molecule has 0 aliphatic carbocycles. The first-order valence-electron chi connectivity index (χ1n) is 6.75. The fourth-order valence-corrected chi connectivity index (χ4v) is 2.25. The zero-order chi connectivity index (χ0) is 15.8. The Kier molecular flexibility index (Phi) is 6.98. The smallest absolute Gasteiger partial charge is 0.236 e. The van der Waals surface area contributed by atoms with E-state index in [1.807, 2.05) is 0 Å². The molecule has 1 aromatic rings. The molecule has 0 heterocycles. The van der Waals surface area contributed by atoms with Crippen LogP contribution in [-0.4, -0.2) is 31.4 Å². The van der Waals surface area contributed by atoms with Crippen molar-refractivity contribution in [2.75, 3.05) is 24.5 Å². The summed E-state index contributed by atoms with van der Waals surface area (Å²) in [5.74, 6) is -1.08. The summed E-state index contributed by atoms with van der Waals surface area (Å²) in [6.45, 7) is 3.26. The molecular weight excluding hydrogens is 292 g/mol. The molecule has 0 spiro atoms. The van der Waals surface area contributed by atoms with Gasteiger partial charge in [-0.05, 0) is 25.1 Å². The second-order valence-corrected chi connectivity index (χ2v) is 5.11. The summed E-state index contributed by atoms with van der Waals surface area (Å²) in [7, 11) is 0. The van der Waals surface area contributed by atoms with Crippen LogP contribution < -0.4 is 21.7 Å². The molecule has 0 aliphatic heterocycles. The molecule has 116 valence electrons. The second kappa shape index (κ2) is 8.49. The van der Waals surface area contributed by atoms with Crippen molar-refractivity contribution in [3.05, 3.63) is 28.8 Å². The van der Waals surface area contributed by atoms with Crippen LogP contribution in [0.5, 0.6) is 0 Å². The van der Waals surface area contributed by atoms with E-state index in [1.54, 1.807) is 23.1 Å². The molecule has 1 rings (SSSR count). The lowest BCUT2D eigenvalue weighted by Crippen LogP contribution is -2.40. The number of primary amides is 2. The molecule has 2 amide bonds. The summed E-state index contributed by atoms with van der Waals surface area (Å²) in [5.41, 5.74) is 12.0. The highest BCUT2D eigenvalue weighted by atomic mass is 35.5. The number of nitrogens with two attached hydrogens (primary N) is 2. The van der Waals surface area contributed by atoms with Crippen molar-refractivity contribution in [2.45, 2.75) is 19.9 Å². The van der Waals surface area contributed by atoms with Gasteiger partial charge >= 0.3 is 0 Å². The Morgan fingerprint density at radius 3 is 2.38 bits per heavy atom. The number of carbonyl (C=O) groups is 2. The number of nitrogens with one attached hydrogen (secondary N) is 1. The van der Waals surface area contributed by atoms with Crippen LogP contribution in [0, 0.1) is 0 Å². The van der Waals surface area contributed by atoms with Crippen LogP contribution in [0.4, 0.5) is 5.69 Å². The third-order valence-corrected chi connectivity index (χ3v) is 3.21. The Morgan fingerprint density at radius 2 is 1.86 bits per heavy atom. The molecule has 0 aromatic heterocycles. The molecule has 1 aromatic carbocycles. The van der Waals surface area contributed by atoms with Gasteiger partial charge in [-0.15, -0.1) is 0 Å². The maximum Gasteiger partial charge on any atom is 0.236 e. The van der Waals surface area contributed by atoms with E-state index in [4.69, 9.17) is 23.1 Å². The Bertz CT molecular complexity index is 492. The van der Waals surface area contributed by atoms with E-state index >= 15 is 0 Å². The minimum atomic E-state index is -0.538. The number of benzene rings is 1. The zero-order valence-corrected chi connectivity index (χ0v) is 12.8. The minimum Gasteiger partial charge on any atom is -0.368 e. The van der Waals surface area contributed by atoms with E-state index in [2.05, 4.69) is 12.2 Å². The van der Waals surface area contributed by atoms with Crippen LogP contribution in [0.1, 0.15) is 18.9 Å². The van der Waals surface area contributed by atoms with Gasteiger partial charge < -0.3 is 21.7 Å². The van der Waals surface area contributed by atoms with Gasteiger partial charge in [0.25, 0.3) is 0 Å². The average Bonchev–Trinajstić information content (AvgIpc) is 2.39. The largest absolute Gasteiger partial charge is 0.368 e. The fraction of sp³-hybridized carbons (Fsp3) is 0.429. The van der Waals surface area contributed by atoms with Gasteiger partial charge in [-0.1, -0.05) is 24.6 Å². The van der Waals surface area contributed by atoms with E-state index in [9.17, 15) is 9.59 Å².